The highest BCUT2D eigenvalue weighted by atomic mass is 32.2. The largest absolute Gasteiger partial charge is 0.480 e. The molecule has 0 aliphatic heterocycles. The van der Waals surface area contributed by atoms with E-state index in [-0.39, 0.29) is 24.5 Å². The number of aliphatic carboxylic acids is 1. The van der Waals surface area contributed by atoms with Gasteiger partial charge in [0.05, 0.1) is 6.54 Å². The lowest BCUT2D eigenvalue weighted by Crippen LogP contribution is -2.54. The molecule has 1 amide bonds. The van der Waals surface area contributed by atoms with E-state index < -0.39 is 16.8 Å². The van der Waals surface area contributed by atoms with Crippen molar-refractivity contribution in [2.45, 2.75) is 37.6 Å². The van der Waals surface area contributed by atoms with Crippen molar-refractivity contribution >= 4 is 22.7 Å². The molecule has 0 heterocycles. The highest BCUT2D eigenvalue weighted by Crippen LogP contribution is 2.26. The van der Waals surface area contributed by atoms with Crippen molar-refractivity contribution in [3.63, 3.8) is 0 Å². The molecule has 24 heavy (non-hydrogen) atoms. The zero-order valence-corrected chi connectivity index (χ0v) is 14.8. The molecule has 1 fully saturated rings. The number of carbonyl (C=O) groups excluding carboxylic acids is 1. The standard InChI is InChI=1S/C17H24N2O4S/c1-3-19(10-16(20)21)15-8-14(9-15)18-17(22)13-6-4-5-12(7-13)11-24(2)23/h4-7,14-15H,3,8-11H2,1-2H3,(H,18,22)(H,20,21). The number of carbonyl (C=O) groups is 2. The Morgan fingerprint density at radius 1 is 1.38 bits per heavy atom. The topological polar surface area (TPSA) is 86.7 Å². The fourth-order valence-corrected chi connectivity index (χ4v) is 3.63. The van der Waals surface area contributed by atoms with Crippen molar-refractivity contribution < 1.29 is 18.9 Å². The Kier molecular flexibility index (Phi) is 6.51. The number of carboxylic acids is 1. The van der Waals surface area contributed by atoms with Gasteiger partial charge in [-0.05, 0) is 37.1 Å². The summed E-state index contributed by atoms with van der Waals surface area (Å²) in [7, 11) is -0.941. The second kappa shape index (κ2) is 8.39. The summed E-state index contributed by atoms with van der Waals surface area (Å²) in [4.78, 5) is 25.1. The van der Waals surface area contributed by atoms with Gasteiger partial charge in [0, 0.05) is 40.5 Å². The third-order valence-corrected chi connectivity index (χ3v) is 5.01. The van der Waals surface area contributed by atoms with Crippen molar-refractivity contribution in [3.05, 3.63) is 35.4 Å². The van der Waals surface area contributed by atoms with Crippen LogP contribution in [0.15, 0.2) is 24.3 Å². The molecule has 0 saturated heterocycles. The zero-order valence-electron chi connectivity index (χ0n) is 14.0. The normalized spacial score (nSPS) is 21.1. The van der Waals surface area contributed by atoms with E-state index in [4.69, 9.17) is 5.11 Å². The van der Waals surface area contributed by atoms with Crippen LogP contribution in [0.5, 0.6) is 0 Å². The van der Waals surface area contributed by atoms with E-state index in [2.05, 4.69) is 5.32 Å². The second-order valence-electron chi connectivity index (χ2n) is 6.17. The molecule has 1 atom stereocenters. The van der Waals surface area contributed by atoms with Gasteiger partial charge in [0.25, 0.3) is 5.91 Å². The molecular formula is C17H24N2O4S. The lowest BCUT2D eigenvalue weighted by molar-refractivity contribution is -0.139. The molecule has 0 spiro atoms. The van der Waals surface area contributed by atoms with Crippen LogP contribution in [0.3, 0.4) is 0 Å². The molecule has 1 aromatic carbocycles. The Labute approximate surface area is 144 Å². The van der Waals surface area contributed by atoms with Crippen LogP contribution in [-0.2, 0) is 21.3 Å². The van der Waals surface area contributed by atoms with Gasteiger partial charge >= 0.3 is 5.97 Å². The number of hydrogen-bond acceptors (Lipinski definition) is 4. The number of nitrogens with one attached hydrogen (secondary N) is 1. The summed E-state index contributed by atoms with van der Waals surface area (Å²) in [6, 6.07) is 7.47. The minimum absolute atomic E-state index is 0.0397. The van der Waals surface area contributed by atoms with Crippen LogP contribution in [0.4, 0.5) is 0 Å². The molecule has 7 heteroatoms. The summed E-state index contributed by atoms with van der Waals surface area (Å²) in [5.74, 6) is -0.522. The summed E-state index contributed by atoms with van der Waals surface area (Å²) in [6.07, 6.45) is 3.18. The Balaban J connectivity index is 1.86. The molecule has 0 radical (unpaired) electrons. The van der Waals surface area contributed by atoms with E-state index >= 15 is 0 Å². The predicted molar refractivity (Wildman–Crippen MR) is 93.4 cm³/mol. The maximum Gasteiger partial charge on any atom is 0.317 e. The van der Waals surface area contributed by atoms with E-state index in [1.54, 1.807) is 24.5 Å². The molecule has 1 aliphatic rings. The van der Waals surface area contributed by atoms with Crippen LogP contribution in [0.2, 0.25) is 0 Å². The first kappa shape index (κ1) is 18.6. The predicted octanol–water partition coefficient (Wildman–Crippen LogP) is 1.23. The zero-order chi connectivity index (χ0) is 17.7. The molecule has 0 aromatic heterocycles. The fraction of sp³-hybridized carbons (Fsp3) is 0.529. The molecule has 1 aromatic rings. The van der Waals surface area contributed by atoms with Crippen molar-refractivity contribution in [3.8, 4) is 0 Å². The van der Waals surface area contributed by atoms with Crippen LogP contribution in [0.1, 0.15) is 35.7 Å². The van der Waals surface area contributed by atoms with Crippen molar-refractivity contribution in [1.29, 1.82) is 0 Å². The van der Waals surface area contributed by atoms with Gasteiger partial charge in [-0.3, -0.25) is 18.7 Å². The Bertz CT molecular complexity index is 629. The van der Waals surface area contributed by atoms with Gasteiger partial charge in [0.15, 0.2) is 0 Å². The van der Waals surface area contributed by atoms with E-state index in [0.717, 1.165) is 18.4 Å². The van der Waals surface area contributed by atoms with Crippen LogP contribution < -0.4 is 5.32 Å². The molecule has 0 bridgehead atoms. The van der Waals surface area contributed by atoms with E-state index in [1.807, 2.05) is 17.9 Å². The number of amides is 1. The number of carboxylic acid groups (broad SMARTS) is 1. The van der Waals surface area contributed by atoms with Crippen LogP contribution >= 0.6 is 0 Å². The molecule has 1 saturated carbocycles. The van der Waals surface area contributed by atoms with Gasteiger partial charge < -0.3 is 10.4 Å². The first-order chi connectivity index (χ1) is 11.4. The van der Waals surface area contributed by atoms with E-state index in [0.29, 0.717) is 17.9 Å². The minimum atomic E-state index is -0.941. The molecule has 2 N–H and O–H groups in total. The van der Waals surface area contributed by atoms with Gasteiger partial charge in [0.2, 0.25) is 0 Å². The maximum atomic E-state index is 12.3. The lowest BCUT2D eigenvalue weighted by atomic mass is 9.85. The van der Waals surface area contributed by atoms with Gasteiger partial charge in [-0.15, -0.1) is 0 Å². The number of benzene rings is 1. The number of likely N-dealkylation sites (N-methyl/N-ethyl adjacent to an activating group) is 1. The maximum absolute atomic E-state index is 12.3. The molecule has 1 aliphatic carbocycles. The monoisotopic (exact) mass is 352 g/mol. The summed E-state index contributed by atoms with van der Waals surface area (Å²) in [5, 5.41) is 11.9. The first-order valence-corrected chi connectivity index (χ1v) is 9.77. The molecular weight excluding hydrogens is 328 g/mol. The Morgan fingerprint density at radius 3 is 2.67 bits per heavy atom. The smallest absolute Gasteiger partial charge is 0.317 e. The highest BCUT2D eigenvalue weighted by molar-refractivity contribution is 7.83. The average Bonchev–Trinajstić information content (AvgIpc) is 2.47. The Hall–Kier alpha value is -1.73. The molecule has 132 valence electrons. The van der Waals surface area contributed by atoms with Gasteiger partial charge in [-0.25, -0.2) is 0 Å². The summed E-state index contributed by atoms with van der Waals surface area (Å²) >= 11 is 0. The number of hydrogen-bond donors (Lipinski definition) is 2. The number of rotatable bonds is 8. The van der Waals surface area contributed by atoms with Gasteiger partial charge in [-0.2, -0.15) is 0 Å². The van der Waals surface area contributed by atoms with Crippen LogP contribution in [0, 0.1) is 0 Å². The van der Waals surface area contributed by atoms with Crippen molar-refractivity contribution in [2.24, 2.45) is 0 Å². The number of nitrogens with zero attached hydrogens (tertiary/aromatic N) is 1. The second-order valence-corrected chi connectivity index (χ2v) is 7.61. The highest BCUT2D eigenvalue weighted by Gasteiger charge is 2.34. The van der Waals surface area contributed by atoms with E-state index in [9.17, 15) is 13.8 Å². The molecule has 1 unspecified atom stereocenters. The SMILES string of the molecule is CCN(CC(=O)O)C1CC(NC(=O)c2cccc(CS(C)=O)c2)C1. The Morgan fingerprint density at radius 2 is 2.08 bits per heavy atom. The summed E-state index contributed by atoms with van der Waals surface area (Å²) in [5.41, 5.74) is 1.45. The fourth-order valence-electron chi connectivity index (χ4n) is 2.98. The van der Waals surface area contributed by atoms with Crippen molar-refractivity contribution in [2.75, 3.05) is 19.3 Å². The molecule has 2 rings (SSSR count). The van der Waals surface area contributed by atoms with Crippen LogP contribution in [0.25, 0.3) is 0 Å². The minimum Gasteiger partial charge on any atom is -0.480 e. The third-order valence-electron chi connectivity index (χ3n) is 4.27. The van der Waals surface area contributed by atoms with Gasteiger partial charge in [0.1, 0.15) is 0 Å². The summed E-state index contributed by atoms with van der Waals surface area (Å²) in [6.45, 7) is 2.67. The molecule has 6 nitrogen and oxygen atoms in total. The first-order valence-electron chi connectivity index (χ1n) is 8.04. The van der Waals surface area contributed by atoms with Gasteiger partial charge in [-0.1, -0.05) is 19.1 Å². The third kappa shape index (κ3) is 5.14. The van der Waals surface area contributed by atoms with E-state index in [1.165, 1.54) is 0 Å². The lowest BCUT2D eigenvalue weighted by Gasteiger charge is -2.42. The average molecular weight is 352 g/mol. The van der Waals surface area contributed by atoms with Crippen molar-refractivity contribution in [1.82, 2.24) is 10.2 Å². The summed E-state index contributed by atoms with van der Waals surface area (Å²) < 4.78 is 11.3. The van der Waals surface area contributed by atoms with Crippen LogP contribution in [-0.4, -0.2) is 57.5 Å². The quantitative estimate of drug-likeness (QED) is 0.735.